The van der Waals surface area contributed by atoms with E-state index in [1.165, 1.54) is 5.56 Å². The van der Waals surface area contributed by atoms with Crippen molar-refractivity contribution in [2.24, 2.45) is 0 Å². The van der Waals surface area contributed by atoms with Gasteiger partial charge in [0.1, 0.15) is 17.5 Å². The molecular weight excluding hydrogens is 256 g/mol. The van der Waals surface area contributed by atoms with Crippen LogP contribution >= 0.6 is 11.3 Å². The summed E-state index contributed by atoms with van der Waals surface area (Å²) in [6, 6.07) is 2.32. The van der Waals surface area contributed by atoms with Gasteiger partial charge < -0.3 is 11.1 Å². The van der Waals surface area contributed by atoms with Crippen molar-refractivity contribution >= 4 is 23.0 Å². The molecule has 2 aromatic rings. The Morgan fingerprint density at radius 2 is 2.00 bits per heavy atom. The fourth-order valence-electron chi connectivity index (χ4n) is 1.76. The Balaban J connectivity index is 2.29. The van der Waals surface area contributed by atoms with E-state index in [1.54, 1.807) is 11.3 Å². The highest BCUT2D eigenvalue weighted by molar-refractivity contribution is 7.07. The first-order valence-corrected chi connectivity index (χ1v) is 7.36. The second kappa shape index (κ2) is 5.57. The van der Waals surface area contributed by atoms with Crippen molar-refractivity contribution in [1.29, 1.82) is 0 Å². The molecule has 0 fully saturated rings. The molecule has 0 saturated heterocycles. The maximum absolute atomic E-state index is 5.96. The molecule has 0 bridgehead atoms. The van der Waals surface area contributed by atoms with E-state index in [2.05, 4.69) is 52.9 Å². The summed E-state index contributed by atoms with van der Waals surface area (Å²) in [5.74, 6) is 2.43. The minimum absolute atomic E-state index is 0.208. The number of hydrogen-bond donors (Lipinski definition) is 2. The molecule has 2 rings (SSSR count). The first kappa shape index (κ1) is 13.8. The van der Waals surface area contributed by atoms with E-state index < -0.39 is 0 Å². The van der Waals surface area contributed by atoms with Gasteiger partial charge in [-0.3, -0.25) is 0 Å². The maximum Gasteiger partial charge on any atom is 0.135 e. The highest BCUT2D eigenvalue weighted by atomic mass is 32.1. The van der Waals surface area contributed by atoms with Crippen LogP contribution in [0.15, 0.2) is 16.8 Å². The van der Waals surface area contributed by atoms with Crippen LogP contribution in [-0.2, 0) is 0 Å². The van der Waals surface area contributed by atoms with Gasteiger partial charge in [-0.2, -0.15) is 11.3 Å². The van der Waals surface area contributed by atoms with Crippen LogP contribution in [-0.4, -0.2) is 9.97 Å². The third kappa shape index (κ3) is 3.04. The zero-order chi connectivity index (χ0) is 14.0. The van der Waals surface area contributed by atoms with E-state index in [-0.39, 0.29) is 12.0 Å². The standard InChI is InChI=1S/C14H20N4S/c1-8(2)13-17-12(15)9(3)14(18-13)16-10(4)11-5-6-19-7-11/h5-8,10H,1-4H3,(H3,15,16,17,18). The Bertz CT molecular complexity index is 549. The molecule has 0 aliphatic rings. The largest absolute Gasteiger partial charge is 0.383 e. The summed E-state index contributed by atoms with van der Waals surface area (Å²) < 4.78 is 0. The lowest BCUT2D eigenvalue weighted by molar-refractivity contribution is 0.768. The Hall–Kier alpha value is -1.62. The van der Waals surface area contributed by atoms with E-state index in [0.717, 1.165) is 17.2 Å². The summed E-state index contributed by atoms with van der Waals surface area (Å²) in [4.78, 5) is 8.92. The number of nitrogens with zero attached hydrogens (tertiary/aromatic N) is 2. The smallest absolute Gasteiger partial charge is 0.135 e. The van der Waals surface area contributed by atoms with Crippen molar-refractivity contribution in [3.8, 4) is 0 Å². The van der Waals surface area contributed by atoms with Gasteiger partial charge in [-0.15, -0.1) is 0 Å². The molecular formula is C14H20N4S. The average Bonchev–Trinajstić information content (AvgIpc) is 2.88. The van der Waals surface area contributed by atoms with Crippen molar-refractivity contribution in [3.05, 3.63) is 33.8 Å². The molecule has 0 spiro atoms. The van der Waals surface area contributed by atoms with Crippen LogP contribution in [0.25, 0.3) is 0 Å². The molecule has 0 aromatic carbocycles. The lowest BCUT2D eigenvalue weighted by Crippen LogP contribution is -2.13. The van der Waals surface area contributed by atoms with Crippen molar-refractivity contribution in [2.45, 2.75) is 39.7 Å². The van der Waals surface area contributed by atoms with E-state index >= 15 is 0 Å². The number of thiophene rings is 1. The number of nitrogen functional groups attached to an aromatic ring is 1. The SMILES string of the molecule is Cc1c(N)nc(C(C)C)nc1NC(C)c1ccsc1. The Morgan fingerprint density at radius 3 is 2.58 bits per heavy atom. The predicted molar refractivity (Wildman–Crippen MR) is 81.6 cm³/mol. The van der Waals surface area contributed by atoms with Gasteiger partial charge in [-0.1, -0.05) is 13.8 Å². The van der Waals surface area contributed by atoms with Crippen LogP contribution in [0.3, 0.4) is 0 Å². The van der Waals surface area contributed by atoms with Gasteiger partial charge in [0.2, 0.25) is 0 Å². The summed E-state index contributed by atoms with van der Waals surface area (Å²) in [7, 11) is 0. The first-order valence-electron chi connectivity index (χ1n) is 6.41. The van der Waals surface area contributed by atoms with Crippen molar-refractivity contribution in [3.63, 3.8) is 0 Å². The van der Waals surface area contributed by atoms with E-state index in [4.69, 9.17) is 5.73 Å². The minimum atomic E-state index is 0.208. The van der Waals surface area contributed by atoms with Gasteiger partial charge in [0.25, 0.3) is 0 Å². The zero-order valence-corrected chi connectivity index (χ0v) is 12.6. The number of anilines is 2. The quantitative estimate of drug-likeness (QED) is 0.893. The van der Waals surface area contributed by atoms with Crippen LogP contribution < -0.4 is 11.1 Å². The van der Waals surface area contributed by atoms with Crippen molar-refractivity contribution in [1.82, 2.24) is 9.97 Å². The lowest BCUT2D eigenvalue weighted by Gasteiger charge is -2.17. The average molecular weight is 276 g/mol. The highest BCUT2D eigenvalue weighted by Gasteiger charge is 2.14. The second-order valence-electron chi connectivity index (χ2n) is 5.02. The fraction of sp³-hybridized carbons (Fsp3) is 0.429. The molecule has 2 heterocycles. The molecule has 0 amide bonds. The molecule has 19 heavy (non-hydrogen) atoms. The molecule has 1 unspecified atom stereocenters. The highest BCUT2D eigenvalue weighted by Crippen LogP contribution is 2.25. The normalized spacial score (nSPS) is 12.7. The molecule has 2 aromatic heterocycles. The van der Waals surface area contributed by atoms with E-state index in [9.17, 15) is 0 Å². The number of nitrogens with one attached hydrogen (secondary N) is 1. The molecule has 3 N–H and O–H groups in total. The van der Waals surface area contributed by atoms with Gasteiger partial charge in [0.15, 0.2) is 0 Å². The Kier molecular flexibility index (Phi) is 4.04. The van der Waals surface area contributed by atoms with Crippen LogP contribution in [0.4, 0.5) is 11.6 Å². The molecule has 0 aliphatic carbocycles. The topological polar surface area (TPSA) is 63.8 Å². The number of rotatable bonds is 4. The van der Waals surface area contributed by atoms with Crippen LogP contribution in [0, 0.1) is 6.92 Å². The van der Waals surface area contributed by atoms with Crippen molar-refractivity contribution < 1.29 is 0 Å². The molecule has 4 nitrogen and oxygen atoms in total. The zero-order valence-electron chi connectivity index (χ0n) is 11.8. The molecule has 5 heteroatoms. The van der Waals surface area contributed by atoms with Crippen molar-refractivity contribution in [2.75, 3.05) is 11.1 Å². The van der Waals surface area contributed by atoms with Gasteiger partial charge >= 0.3 is 0 Å². The molecule has 0 saturated carbocycles. The molecule has 0 aliphatic heterocycles. The maximum atomic E-state index is 5.96. The summed E-state index contributed by atoms with van der Waals surface area (Å²) in [6.07, 6.45) is 0. The Morgan fingerprint density at radius 1 is 1.26 bits per heavy atom. The molecule has 0 radical (unpaired) electrons. The lowest BCUT2D eigenvalue weighted by atomic mass is 10.1. The summed E-state index contributed by atoms with van der Waals surface area (Å²) in [5.41, 5.74) is 8.13. The third-order valence-corrected chi connectivity index (χ3v) is 3.82. The van der Waals surface area contributed by atoms with Gasteiger partial charge in [0, 0.05) is 11.5 Å². The summed E-state index contributed by atoms with van der Waals surface area (Å²) >= 11 is 1.70. The van der Waals surface area contributed by atoms with Gasteiger partial charge in [-0.25, -0.2) is 9.97 Å². The van der Waals surface area contributed by atoms with Gasteiger partial charge in [-0.05, 0) is 36.2 Å². The van der Waals surface area contributed by atoms with E-state index in [1.807, 2.05) is 6.92 Å². The summed E-state index contributed by atoms with van der Waals surface area (Å²) in [5, 5.41) is 7.64. The minimum Gasteiger partial charge on any atom is -0.383 e. The molecule has 1 atom stereocenters. The monoisotopic (exact) mass is 276 g/mol. The third-order valence-electron chi connectivity index (χ3n) is 3.11. The van der Waals surface area contributed by atoms with Crippen LogP contribution in [0.1, 0.15) is 49.7 Å². The Labute approximate surface area is 118 Å². The molecule has 102 valence electrons. The second-order valence-corrected chi connectivity index (χ2v) is 5.80. The number of hydrogen-bond acceptors (Lipinski definition) is 5. The first-order chi connectivity index (χ1) is 8.99. The number of aromatic nitrogens is 2. The fourth-order valence-corrected chi connectivity index (χ4v) is 2.51. The van der Waals surface area contributed by atoms with Gasteiger partial charge in [0.05, 0.1) is 6.04 Å². The number of nitrogens with two attached hydrogens (primary N) is 1. The van der Waals surface area contributed by atoms with Crippen LogP contribution in [0.2, 0.25) is 0 Å². The summed E-state index contributed by atoms with van der Waals surface area (Å²) in [6.45, 7) is 8.20. The predicted octanol–water partition coefficient (Wildman–Crippen LogP) is 3.73. The van der Waals surface area contributed by atoms with Crippen LogP contribution in [0.5, 0.6) is 0 Å². The van der Waals surface area contributed by atoms with E-state index in [0.29, 0.717) is 5.82 Å².